The van der Waals surface area contributed by atoms with Crippen LogP contribution in [0.2, 0.25) is 0 Å². The van der Waals surface area contributed by atoms with Crippen molar-refractivity contribution >= 4 is 35.6 Å². The van der Waals surface area contributed by atoms with Crippen LogP contribution in [0.4, 0.5) is 5.69 Å². The van der Waals surface area contributed by atoms with E-state index in [2.05, 4.69) is 51.8 Å². The summed E-state index contributed by atoms with van der Waals surface area (Å²) >= 11 is 0. The van der Waals surface area contributed by atoms with E-state index in [0.29, 0.717) is 0 Å². The molecular formula is C14H25IN4. The smallest absolute Gasteiger partial charge is 0.190 e. The van der Waals surface area contributed by atoms with E-state index in [4.69, 9.17) is 0 Å². The molecule has 0 saturated carbocycles. The van der Waals surface area contributed by atoms with Crippen LogP contribution in [0.5, 0.6) is 0 Å². The molecule has 0 aliphatic heterocycles. The van der Waals surface area contributed by atoms with Gasteiger partial charge in [0.1, 0.15) is 0 Å². The Labute approximate surface area is 133 Å². The van der Waals surface area contributed by atoms with Crippen molar-refractivity contribution in [1.82, 2.24) is 10.6 Å². The maximum atomic E-state index is 4.07. The summed E-state index contributed by atoms with van der Waals surface area (Å²) in [5.74, 6) is 0.853. The van der Waals surface area contributed by atoms with Gasteiger partial charge in [0.05, 0.1) is 0 Å². The molecule has 0 heterocycles. The van der Waals surface area contributed by atoms with Crippen LogP contribution in [0.25, 0.3) is 0 Å². The number of anilines is 1. The van der Waals surface area contributed by atoms with Crippen molar-refractivity contribution < 1.29 is 0 Å². The summed E-state index contributed by atoms with van der Waals surface area (Å²) in [7, 11) is 5.79. The minimum atomic E-state index is 0. The molecule has 1 rings (SSSR count). The highest BCUT2D eigenvalue weighted by Crippen LogP contribution is 2.11. The lowest BCUT2D eigenvalue weighted by atomic mass is 10.2. The van der Waals surface area contributed by atoms with Crippen molar-refractivity contribution in [3.05, 3.63) is 30.3 Å². The second-order valence-electron chi connectivity index (χ2n) is 4.21. The third-order valence-corrected chi connectivity index (χ3v) is 2.87. The Bertz CT molecular complexity index is 354. The van der Waals surface area contributed by atoms with Gasteiger partial charge < -0.3 is 15.5 Å². The van der Waals surface area contributed by atoms with E-state index in [0.717, 1.165) is 25.5 Å². The summed E-state index contributed by atoms with van der Waals surface area (Å²) in [6.07, 6.45) is 2.30. The first kappa shape index (κ1) is 18.0. The lowest BCUT2D eigenvalue weighted by Gasteiger charge is -2.19. The molecule has 0 radical (unpaired) electrons. The molecule has 0 bridgehead atoms. The molecule has 108 valence electrons. The van der Waals surface area contributed by atoms with Gasteiger partial charge in [-0.15, -0.1) is 24.0 Å². The van der Waals surface area contributed by atoms with Crippen LogP contribution in [0, 0.1) is 0 Å². The highest BCUT2D eigenvalue weighted by Gasteiger charge is 1.99. The van der Waals surface area contributed by atoms with Crippen molar-refractivity contribution in [1.29, 1.82) is 0 Å². The maximum absolute atomic E-state index is 4.07. The number of para-hydroxylation sites is 1. The average Bonchev–Trinajstić information content (AvgIpc) is 2.43. The third-order valence-electron chi connectivity index (χ3n) is 2.87. The monoisotopic (exact) mass is 376 g/mol. The van der Waals surface area contributed by atoms with Crippen LogP contribution >= 0.6 is 24.0 Å². The molecule has 1 aromatic rings. The fourth-order valence-electron chi connectivity index (χ4n) is 1.77. The second-order valence-corrected chi connectivity index (χ2v) is 4.21. The first-order valence-electron chi connectivity index (χ1n) is 6.42. The molecule has 19 heavy (non-hydrogen) atoms. The van der Waals surface area contributed by atoms with E-state index in [1.54, 1.807) is 7.05 Å². The first-order valence-corrected chi connectivity index (χ1v) is 6.42. The minimum absolute atomic E-state index is 0. The molecule has 0 atom stereocenters. The van der Waals surface area contributed by atoms with Gasteiger partial charge >= 0.3 is 0 Å². The van der Waals surface area contributed by atoms with Crippen molar-refractivity contribution in [3.8, 4) is 0 Å². The lowest BCUT2D eigenvalue weighted by Crippen LogP contribution is -2.35. The largest absolute Gasteiger partial charge is 0.375 e. The first-order chi connectivity index (χ1) is 8.77. The van der Waals surface area contributed by atoms with Crippen molar-refractivity contribution in [2.45, 2.75) is 12.8 Å². The summed E-state index contributed by atoms with van der Waals surface area (Å²) in [5.41, 5.74) is 1.27. The van der Waals surface area contributed by atoms with Crippen molar-refractivity contribution in [2.75, 3.05) is 39.1 Å². The summed E-state index contributed by atoms with van der Waals surface area (Å²) in [6.45, 7) is 2.03. The molecule has 0 aliphatic rings. The molecule has 0 fully saturated rings. The molecule has 0 aromatic heterocycles. The second kappa shape index (κ2) is 10.9. The highest BCUT2D eigenvalue weighted by atomic mass is 127. The van der Waals surface area contributed by atoms with Crippen molar-refractivity contribution in [3.63, 3.8) is 0 Å². The van der Waals surface area contributed by atoms with Gasteiger partial charge in [0.15, 0.2) is 5.96 Å². The van der Waals surface area contributed by atoms with Crippen LogP contribution in [0.1, 0.15) is 12.8 Å². The van der Waals surface area contributed by atoms with E-state index in [9.17, 15) is 0 Å². The van der Waals surface area contributed by atoms with Gasteiger partial charge in [0.25, 0.3) is 0 Å². The van der Waals surface area contributed by atoms with Gasteiger partial charge in [-0.2, -0.15) is 0 Å². The van der Waals surface area contributed by atoms with Gasteiger partial charge in [0.2, 0.25) is 0 Å². The van der Waals surface area contributed by atoms with Gasteiger partial charge in [-0.3, -0.25) is 4.99 Å². The summed E-state index contributed by atoms with van der Waals surface area (Å²) < 4.78 is 0. The molecular weight excluding hydrogens is 351 g/mol. The molecule has 0 aliphatic carbocycles. The number of halogens is 1. The Morgan fingerprint density at radius 3 is 2.47 bits per heavy atom. The number of rotatable bonds is 6. The van der Waals surface area contributed by atoms with E-state index < -0.39 is 0 Å². The normalized spacial score (nSPS) is 10.6. The van der Waals surface area contributed by atoms with Crippen LogP contribution in [0.3, 0.4) is 0 Å². The summed E-state index contributed by atoms with van der Waals surface area (Å²) in [6, 6.07) is 10.5. The standard InChI is InChI=1S/C14H24N4.HI/c1-15-14(16-2)17-11-7-8-12-18(3)13-9-5-4-6-10-13;/h4-6,9-10H,7-8,11-12H2,1-3H3,(H2,15,16,17);1H. The number of nitrogens with zero attached hydrogens (tertiary/aromatic N) is 2. The Kier molecular flexibility index (Phi) is 10.3. The zero-order valence-electron chi connectivity index (χ0n) is 12.0. The minimum Gasteiger partial charge on any atom is -0.375 e. The van der Waals surface area contributed by atoms with Crippen LogP contribution < -0.4 is 15.5 Å². The Morgan fingerprint density at radius 1 is 1.21 bits per heavy atom. The zero-order chi connectivity index (χ0) is 13.2. The van der Waals surface area contributed by atoms with Gasteiger partial charge in [0, 0.05) is 39.9 Å². The third kappa shape index (κ3) is 7.25. The van der Waals surface area contributed by atoms with Gasteiger partial charge in [-0.25, -0.2) is 0 Å². The molecule has 1 aromatic carbocycles. The zero-order valence-corrected chi connectivity index (χ0v) is 14.3. The van der Waals surface area contributed by atoms with Crippen LogP contribution in [-0.4, -0.2) is 40.2 Å². The number of hydrogen-bond acceptors (Lipinski definition) is 2. The summed E-state index contributed by atoms with van der Waals surface area (Å²) in [4.78, 5) is 6.36. The number of benzene rings is 1. The van der Waals surface area contributed by atoms with E-state index in [-0.39, 0.29) is 24.0 Å². The molecule has 5 heteroatoms. The summed E-state index contributed by atoms with van der Waals surface area (Å²) in [5, 5.41) is 6.26. The fraction of sp³-hybridized carbons (Fsp3) is 0.500. The molecule has 0 saturated heterocycles. The van der Waals surface area contributed by atoms with E-state index >= 15 is 0 Å². The lowest BCUT2D eigenvalue weighted by molar-refractivity contribution is 0.692. The number of guanidine groups is 1. The Morgan fingerprint density at radius 2 is 1.89 bits per heavy atom. The van der Waals surface area contributed by atoms with E-state index in [1.807, 2.05) is 13.1 Å². The van der Waals surface area contributed by atoms with Gasteiger partial charge in [-0.05, 0) is 25.0 Å². The SMILES string of the molecule is CN=C(NC)NCCCCN(C)c1ccccc1.I. The maximum Gasteiger partial charge on any atom is 0.190 e. The van der Waals surface area contributed by atoms with Gasteiger partial charge in [-0.1, -0.05) is 18.2 Å². The predicted molar refractivity (Wildman–Crippen MR) is 94.8 cm³/mol. The van der Waals surface area contributed by atoms with Crippen molar-refractivity contribution in [2.24, 2.45) is 4.99 Å². The number of nitrogens with one attached hydrogen (secondary N) is 2. The molecule has 0 unspecified atom stereocenters. The molecule has 0 spiro atoms. The quantitative estimate of drug-likeness (QED) is 0.347. The number of aliphatic imine (C=N–C) groups is 1. The molecule has 0 amide bonds. The van der Waals surface area contributed by atoms with Crippen LogP contribution in [-0.2, 0) is 0 Å². The van der Waals surface area contributed by atoms with Crippen LogP contribution in [0.15, 0.2) is 35.3 Å². The average molecular weight is 376 g/mol. The fourth-order valence-corrected chi connectivity index (χ4v) is 1.77. The number of hydrogen-bond donors (Lipinski definition) is 2. The molecule has 4 nitrogen and oxygen atoms in total. The Balaban J connectivity index is 0.00000324. The predicted octanol–water partition coefficient (Wildman–Crippen LogP) is 2.32. The molecule has 2 N–H and O–H groups in total. The topological polar surface area (TPSA) is 39.7 Å². The number of unbranched alkanes of at least 4 members (excludes halogenated alkanes) is 1. The van der Waals surface area contributed by atoms with E-state index in [1.165, 1.54) is 12.1 Å². The Hall–Kier alpha value is -0.980. The highest BCUT2D eigenvalue weighted by molar-refractivity contribution is 14.0.